The molecule has 0 saturated heterocycles. The van der Waals surface area contributed by atoms with Gasteiger partial charge in [-0.1, -0.05) is 19.1 Å². The highest BCUT2D eigenvalue weighted by atomic mass is 16.3. The van der Waals surface area contributed by atoms with Crippen LogP contribution in [0.2, 0.25) is 0 Å². The minimum Gasteiger partial charge on any atom is -0.396 e. The van der Waals surface area contributed by atoms with E-state index in [0.29, 0.717) is 6.04 Å². The van der Waals surface area contributed by atoms with Crippen molar-refractivity contribution in [2.24, 2.45) is 0 Å². The van der Waals surface area contributed by atoms with E-state index in [0.717, 1.165) is 0 Å². The first-order valence-electron chi connectivity index (χ1n) is 6.51. The fourth-order valence-electron chi connectivity index (χ4n) is 2.72. The van der Waals surface area contributed by atoms with Crippen LogP contribution >= 0.6 is 0 Å². The SMILES string of the molecule is CC(CO)c1cccc2c1ccn2C1CCC1. The van der Waals surface area contributed by atoms with Crippen LogP contribution in [0.25, 0.3) is 10.9 Å². The van der Waals surface area contributed by atoms with Gasteiger partial charge in [-0.3, -0.25) is 0 Å². The van der Waals surface area contributed by atoms with Gasteiger partial charge in [0, 0.05) is 35.7 Å². The van der Waals surface area contributed by atoms with E-state index in [9.17, 15) is 5.11 Å². The van der Waals surface area contributed by atoms with Gasteiger partial charge in [-0.25, -0.2) is 0 Å². The smallest absolute Gasteiger partial charge is 0.0497 e. The Hall–Kier alpha value is -1.28. The van der Waals surface area contributed by atoms with Crippen LogP contribution in [0.1, 0.15) is 43.7 Å². The Kier molecular flexibility index (Phi) is 2.67. The van der Waals surface area contributed by atoms with Gasteiger partial charge in [0.2, 0.25) is 0 Å². The second kappa shape index (κ2) is 4.19. The summed E-state index contributed by atoms with van der Waals surface area (Å²) in [6, 6.07) is 9.34. The molecule has 0 radical (unpaired) electrons. The molecule has 0 bridgehead atoms. The summed E-state index contributed by atoms with van der Waals surface area (Å²) in [7, 11) is 0. The molecule has 0 aliphatic heterocycles. The van der Waals surface area contributed by atoms with Gasteiger partial charge >= 0.3 is 0 Å². The summed E-state index contributed by atoms with van der Waals surface area (Å²) in [5, 5.41) is 10.6. The van der Waals surface area contributed by atoms with Gasteiger partial charge in [-0.2, -0.15) is 0 Å². The third-order valence-corrected chi connectivity index (χ3v) is 4.07. The van der Waals surface area contributed by atoms with Gasteiger partial charge in [0.1, 0.15) is 0 Å². The van der Waals surface area contributed by atoms with E-state index in [2.05, 4.69) is 42.0 Å². The Morgan fingerprint density at radius 1 is 1.35 bits per heavy atom. The minimum absolute atomic E-state index is 0.216. The first kappa shape index (κ1) is 10.8. The van der Waals surface area contributed by atoms with Gasteiger partial charge in [-0.15, -0.1) is 0 Å². The molecule has 1 heterocycles. The van der Waals surface area contributed by atoms with Crippen LogP contribution in [0.3, 0.4) is 0 Å². The average molecular weight is 229 g/mol. The Labute approximate surface area is 102 Å². The first-order chi connectivity index (χ1) is 8.31. The van der Waals surface area contributed by atoms with Crippen molar-refractivity contribution in [3.63, 3.8) is 0 Å². The lowest BCUT2D eigenvalue weighted by molar-refractivity contribution is 0.273. The van der Waals surface area contributed by atoms with E-state index in [1.54, 1.807) is 0 Å². The van der Waals surface area contributed by atoms with E-state index in [4.69, 9.17) is 0 Å². The summed E-state index contributed by atoms with van der Waals surface area (Å²) < 4.78 is 2.41. The number of aromatic nitrogens is 1. The van der Waals surface area contributed by atoms with Crippen LogP contribution in [0.15, 0.2) is 30.5 Å². The monoisotopic (exact) mass is 229 g/mol. The van der Waals surface area contributed by atoms with Crippen LogP contribution in [-0.2, 0) is 0 Å². The number of aliphatic hydroxyl groups excluding tert-OH is 1. The van der Waals surface area contributed by atoms with E-state index in [-0.39, 0.29) is 12.5 Å². The number of nitrogens with zero attached hydrogens (tertiary/aromatic N) is 1. The van der Waals surface area contributed by atoms with E-state index < -0.39 is 0 Å². The van der Waals surface area contributed by atoms with E-state index >= 15 is 0 Å². The lowest BCUT2D eigenvalue weighted by Gasteiger charge is -2.28. The molecule has 1 aromatic heterocycles. The molecule has 1 aliphatic carbocycles. The number of aliphatic hydroxyl groups is 1. The highest BCUT2D eigenvalue weighted by molar-refractivity contribution is 5.84. The second-order valence-electron chi connectivity index (χ2n) is 5.17. The van der Waals surface area contributed by atoms with Crippen molar-refractivity contribution in [2.75, 3.05) is 6.61 Å². The molecule has 0 amide bonds. The number of hydrogen-bond acceptors (Lipinski definition) is 1. The number of fused-ring (bicyclic) bond motifs is 1. The zero-order valence-electron chi connectivity index (χ0n) is 10.3. The molecule has 1 N–H and O–H groups in total. The van der Waals surface area contributed by atoms with E-state index in [1.807, 2.05) is 0 Å². The fourth-order valence-corrected chi connectivity index (χ4v) is 2.72. The fraction of sp³-hybridized carbons (Fsp3) is 0.467. The Bertz CT molecular complexity index is 525. The molecule has 1 saturated carbocycles. The molecule has 1 unspecified atom stereocenters. The molecule has 1 fully saturated rings. The van der Waals surface area contributed by atoms with Gasteiger partial charge < -0.3 is 9.67 Å². The molecule has 1 aromatic carbocycles. The maximum Gasteiger partial charge on any atom is 0.0497 e. The molecule has 2 aromatic rings. The maximum atomic E-state index is 9.31. The third kappa shape index (κ3) is 1.67. The summed E-state index contributed by atoms with van der Waals surface area (Å²) in [4.78, 5) is 0. The highest BCUT2D eigenvalue weighted by Crippen LogP contribution is 2.36. The van der Waals surface area contributed by atoms with E-state index in [1.165, 1.54) is 35.7 Å². The van der Waals surface area contributed by atoms with Gasteiger partial charge in [0.05, 0.1) is 0 Å². The predicted octanol–water partition coefficient (Wildman–Crippen LogP) is 3.46. The number of benzene rings is 1. The third-order valence-electron chi connectivity index (χ3n) is 4.07. The molecule has 17 heavy (non-hydrogen) atoms. The van der Waals surface area contributed by atoms with Crippen LogP contribution < -0.4 is 0 Å². The molecular formula is C15H19NO. The standard InChI is InChI=1S/C15H19NO/c1-11(10-17)13-6-3-7-15-14(13)8-9-16(15)12-4-2-5-12/h3,6-9,11-12,17H,2,4-5,10H2,1H3. The summed E-state index contributed by atoms with van der Waals surface area (Å²) >= 11 is 0. The average Bonchev–Trinajstić information content (AvgIpc) is 2.70. The second-order valence-corrected chi connectivity index (χ2v) is 5.17. The molecule has 2 heteroatoms. The quantitative estimate of drug-likeness (QED) is 0.856. The van der Waals surface area contributed by atoms with Crippen molar-refractivity contribution in [1.29, 1.82) is 0 Å². The summed E-state index contributed by atoms with van der Waals surface area (Å²) in [5.74, 6) is 0.218. The largest absolute Gasteiger partial charge is 0.396 e. The summed E-state index contributed by atoms with van der Waals surface area (Å²) in [5.41, 5.74) is 2.59. The van der Waals surface area contributed by atoms with Crippen LogP contribution in [-0.4, -0.2) is 16.3 Å². The molecule has 90 valence electrons. The predicted molar refractivity (Wildman–Crippen MR) is 70.3 cm³/mol. The molecule has 1 aliphatic rings. The lowest BCUT2D eigenvalue weighted by Crippen LogP contribution is -2.15. The van der Waals surface area contributed by atoms with Crippen molar-refractivity contribution < 1.29 is 5.11 Å². The zero-order chi connectivity index (χ0) is 11.8. The van der Waals surface area contributed by atoms with Crippen molar-refractivity contribution >= 4 is 10.9 Å². The summed E-state index contributed by atoms with van der Waals surface area (Å²) in [6.45, 7) is 2.29. The Balaban J connectivity index is 2.11. The van der Waals surface area contributed by atoms with Gasteiger partial charge in [0.25, 0.3) is 0 Å². The van der Waals surface area contributed by atoms with Crippen molar-refractivity contribution in [3.05, 3.63) is 36.0 Å². The van der Waals surface area contributed by atoms with Crippen molar-refractivity contribution in [2.45, 2.75) is 38.1 Å². The Morgan fingerprint density at radius 2 is 2.18 bits per heavy atom. The highest BCUT2D eigenvalue weighted by Gasteiger charge is 2.21. The molecule has 2 nitrogen and oxygen atoms in total. The Morgan fingerprint density at radius 3 is 2.82 bits per heavy atom. The maximum absolute atomic E-state index is 9.31. The minimum atomic E-state index is 0.216. The lowest BCUT2D eigenvalue weighted by atomic mass is 9.92. The summed E-state index contributed by atoms with van der Waals surface area (Å²) in [6.07, 6.45) is 6.19. The van der Waals surface area contributed by atoms with Crippen LogP contribution in [0.4, 0.5) is 0 Å². The first-order valence-corrected chi connectivity index (χ1v) is 6.51. The molecule has 3 rings (SSSR count). The molecular weight excluding hydrogens is 210 g/mol. The van der Waals surface area contributed by atoms with Gasteiger partial charge in [-0.05, 0) is 37.0 Å². The van der Waals surface area contributed by atoms with Crippen molar-refractivity contribution in [1.82, 2.24) is 4.57 Å². The number of hydrogen-bond donors (Lipinski definition) is 1. The zero-order valence-corrected chi connectivity index (χ0v) is 10.3. The van der Waals surface area contributed by atoms with Crippen LogP contribution in [0, 0.1) is 0 Å². The molecule has 1 atom stereocenters. The van der Waals surface area contributed by atoms with Crippen molar-refractivity contribution in [3.8, 4) is 0 Å². The molecule has 0 spiro atoms. The number of rotatable bonds is 3. The topological polar surface area (TPSA) is 25.2 Å². The normalized spacial score (nSPS) is 18.2. The van der Waals surface area contributed by atoms with Gasteiger partial charge in [0.15, 0.2) is 0 Å². The van der Waals surface area contributed by atoms with Crippen LogP contribution in [0.5, 0.6) is 0 Å².